The smallest absolute Gasteiger partial charge is 0.117 e. The van der Waals surface area contributed by atoms with Crippen molar-refractivity contribution in [2.45, 2.75) is 6.54 Å². The summed E-state index contributed by atoms with van der Waals surface area (Å²) < 4.78 is 5.19. The molecule has 0 atom stereocenters. The van der Waals surface area contributed by atoms with Crippen molar-refractivity contribution in [2.24, 2.45) is 5.92 Å². The molecule has 1 aliphatic heterocycles. The Morgan fingerprint density at radius 3 is 3.08 bits per heavy atom. The molecule has 1 saturated heterocycles. The van der Waals surface area contributed by atoms with E-state index >= 15 is 0 Å². The van der Waals surface area contributed by atoms with Gasteiger partial charge in [-0.2, -0.15) is 0 Å². The van der Waals surface area contributed by atoms with Gasteiger partial charge in [-0.3, -0.25) is 0 Å². The van der Waals surface area contributed by atoms with Gasteiger partial charge in [-0.15, -0.1) is 0 Å². The largest absolute Gasteiger partial charge is 0.468 e. The molecule has 0 saturated carbocycles. The zero-order valence-corrected chi connectivity index (χ0v) is 7.05. The molecule has 1 fully saturated rings. The van der Waals surface area contributed by atoms with Gasteiger partial charge in [0.05, 0.1) is 12.8 Å². The topological polar surface area (TPSA) is 37.2 Å². The van der Waals surface area contributed by atoms with Gasteiger partial charge in [0, 0.05) is 19.6 Å². The molecule has 1 aromatic rings. The molecule has 0 aliphatic carbocycles. The molecule has 0 unspecified atom stereocenters. The molecule has 66 valence electrons. The Hall–Kier alpha value is -0.800. The minimum atomic E-state index is 0.819. The van der Waals surface area contributed by atoms with Gasteiger partial charge in [-0.1, -0.05) is 0 Å². The lowest BCUT2D eigenvalue weighted by Gasteiger charge is -2.26. The second-order valence-corrected chi connectivity index (χ2v) is 3.23. The molecular weight excluding hydrogens is 152 g/mol. The molecule has 2 N–H and O–H groups in total. The summed E-state index contributed by atoms with van der Waals surface area (Å²) in [5.41, 5.74) is 0. The second-order valence-electron chi connectivity index (χ2n) is 3.23. The Morgan fingerprint density at radius 2 is 2.50 bits per heavy atom. The van der Waals surface area contributed by atoms with Crippen LogP contribution in [0.5, 0.6) is 0 Å². The summed E-state index contributed by atoms with van der Waals surface area (Å²) >= 11 is 0. The van der Waals surface area contributed by atoms with Crippen LogP contribution in [0.3, 0.4) is 0 Å². The van der Waals surface area contributed by atoms with Gasteiger partial charge in [0.2, 0.25) is 0 Å². The molecule has 1 aromatic heterocycles. The van der Waals surface area contributed by atoms with Crippen LogP contribution in [0.2, 0.25) is 0 Å². The van der Waals surface area contributed by atoms with Gasteiger partial charge in [0.15, 0.2) is 0 Å². The third kappa shape index (κ3) is 1.87. The lowest BCUT2D eigenvalue weighted by atomic mass is 10.0. The highest BCUT2D eigenvalue weighted by atomic mass is 16.3. The van der Waals surface area contributed by atoms with E-state index in [4.69, 9.17) is 4.42 Å². The Bertz CT molecular complexity index is 216. The summed E-state index contributed by atoms with van der Waals surface area (Å²) in [6.07, 6.45) is 1.71. The zero-order chi connectivity index (χ0) is 8.23. The van der Waals surface area contributed by atoms with E-state index in [0.29, 0.717) is 0 Å². The van der Waals surface area contributed by atoms with Crippen molar-refractivity contribution in [3.8, 4) is 0 Å². The maximum absolute atomic E-state index is 5.19. The van der Waals surface area contributed by atoms with Crippen LogP contribution < -0.4 is 10.6 Å². The lowest BCUT2D eigenvalue weighted by molar-refractivity contribution is 0.326. The molecule has 0 amide bonds. The van der Waals surface area contributed by atoms with Crippen LogP contribution in [0.4, 0.5) is 0 Å². The maximum Gasteiger partial charge on any atom is 0.117 e. The van der Waals surface area contributed by atoms with E-state index in [9.17, 15) is 0 Å². The van der Waals surface area contributed by atoms with E-state index in [2.05, 4.69) is 10.6 Å². The zero-order valence-electron chi connectivity index (χ0n) is 7.05. The van der Waals surface area contributed by atoms with Crippen LogP contribution in [-0.2, 0) is 6.54 Å². The number of nitrogens with one attached hydrogen (secondary N) is 2. The molecule has 2 heterocycles. The standard InChI is InChI=1S/C9H14N2O/c1-2-9(12-3-1)7-11-6-8-4-10-5-8/h1-3,8,10-11H,4-7H2. The van der Waals surface area contributed by atoms with Crippen molar-refractivity contribution in [3.63, 3.8) is 0 Å². The average Bonchev–Trinajstić information content (AvgIpc) is 2.46. The highest BCUT2D eigenvalue weighted by Crippen LogP contribution is 2.02. The van der Waals surface area contributed by atoms with Crippen molar-refractivity contribution in [3.05, 3.63) is 24.2 Å². The summed E-state index contributed by atoms with van der Waals surface area (Å²) in [5.74, 6) is 1.84. The van der Waals surface area contributed by atoms with Gasteiger partial charge in [0.25, 0.3) is 0 Å². The Balaban J connectivity index is 1.62. The van der Waals surface area contributed by atoms with E-state index in [1.54, 1.807) is 6.26 Å². The Kier molecular flexibility index (Phi) is 2.44. The fourth-order valence-electron chi connectivity index (χ4n) is 1.31. The molecular formula is C9H14N2O. The Labute approximate surface area is 72.1 Å². The SMILES string of the molecule is c1coc(CNCC2CNC2)c1. The van der Waals surface area contributed by atoms with Gasteiger partial charge < -0.3 is 15.1 Å². The average molecular weight is 166 g/mol. The van der Waals surface area contributed by atoms with Gasteiger partial charge in [-0.05, 0) is 18.1 Å². The first-order valence-electron chi connectivity index (χ1n) is 4.39. The summed E-state index contributed by atoms with van der Waals surface area (Å²) in [5, 5.41) is 6.60. The molecule has 3 heteroatoms. The minimum absolute atomic E-state index is 0.819. The predicted molar refractivity (Wildman–Crippen MR) is 46.8 cm³/mol. The fraction of sp³-hybridized carbons (Fsp3) is 0.556. The first-order valence-corrected chi connectivity index (χ1v) is 4.39. The number of hydrogen-bond acceptors (Lipinski definition) is 3. The molecule has 0 spiro atoms. The predicted octanol–water partition coefficient (Wildman–Crippen LogP) is 0.589. The first kappa shape index (κ1) is 7.83. The van der Waals surface area contributed by atoms with E-state index in [1.165, 1.54) is 0 Å². The van der Waals surface area contributed by atoms with Gasteiger partial charge >= 0.3 is 0 Å². The van der Waals surface area contributed by atoms with E-state index in [-0.39, 0.29) is 0 Å². The van der Waals surface area contributed by atoms with Crippen LogP contribution in [-0.4, -0.2) is 19.6 Å². The quantitative estimate of drug-likeness (QED) is 0.687. The van der Waals surface area contributed by atoms with Crippen LogP contribution in [0.1, 0.15) is 5.76 Å². The van der Waals surface area contributed by atoms with E-state index < -0.39 is 0 Å². The summed E-state index contributed by atoms with van der Waals surface area (Å²) in [6, 6.07) is 3.91. The summed E-state index contributed by atoms with van der Waals surface area (Å²) in [4.78, 5) is 0. The highest BCUT2D eigenvalue weighted by molar-refractivity contribution is 4.97. The van der Waals surface area contributed by atoms with Crippen molar-refractivity contribution >= 4 is 0 Å². The number of rotatable bonds is 4. The van der Waals surface area contributed by atoms with Crippen molar-refractivity contribution in [1.82, 2.24) is 10.6 Å². The Morgan fingerprint density at radius 1 is 1.58 bits per heavy atom. The van der Waals surface area contributed by atoms with Crippen molar-refractivity contribution in [2.75, 3.05) is 19.6 Å². The van der Waals surface area contributed by atoms with Gasteiger partial charge in [-0.25, -0.2) is 0 Å². The molecule has 0 bridgehead atoms. The summed E-state index contributed by atoms with van der Waals surface area (Å²) in [6.45, 7) is 4.26. The van der Waals surface area contributed by atoms with Crippen LogP contribution in [0.15, 0.2) is 22.8 Å². The fourth-order valence-corrected chi connectivity index (χ4v) is 1.31. The first-order chi connectivity index (χ1) is 5.95. The summed E-state index contributed by atoms with van der Waals surface area (Å²) in [7, 11) is 0. The monoisotopic (exact) mass is 166 g/mol. The molecule has 3 nitrogen and oxygen atoms in total. The molecule has 0 aromatic carbocycles. The molecule has 2 rings (SSSR count). The normalized spacial score (nSPS) is 17.7. The maximum atomic E-state index is 5.19. The number of hydrogen-bond donors (Lipinski definition) is 2. The molecule has 0 radical (unpaired) electrons. The molecule has 12 heavy (non-hydrogen) atoms. The van der Waals surface area contributed by atoms with Crippen LogP contribution >= 0.6 is 0 Å². The lowest BCUT2D eigenvalue weighted by Crippen LogP contribution is -2.47. The van der Waals surface area contributed by atoms with Gasteiger partial charge in [0.1, 0.15) is 5.76 Å². The third-order valence-corrected chi connectivity index (χ3v) is 2.18. The van der Waals surface area contributed by atoms with Crippen molar-refractivity contribution < 1.29 is 4.42 Å². The number of furan rings is 1. The van der Waals surface area contributed by atoms with Crippen LogP contribution in [0, 0.1) is 5.92 Å². The van der Waals surface area contributed by atoms with Crippen LogP contribution in [0.25, 0.3) is 0 Å². The third-order valence-electron chi connectivity index (χ3n) is 2.18. The highest BCUT2D eigenvalue weighted by Gasteiger charge is 2.15. The van der Waals surface area contributed by atoms with E-state index in [1.807, 2.05) is 12.1 Å². The van der Waals surface area contributed by atoms with E-state index in [0.717, 1.165) is 37.9 Å². The van der Waals surface area contributed by atoms with Crippen molar-refractivity contribution in [1.29, 1.82) is 0 Å². The molecule has 1 aliphatic rings. The second kappa shape index (κ2) is 3.74. The minimum Gasteiger partial charge on any atom is -0.468 e.